The molecule has 0 saturated carbocycles. The molecule has 0 aliphatic carbocycles. The van der Waals surface area contributed by atoms with Crippen molar-refractivity contribution >= 4 is 17.7 Å². The Morgan fingerprint density at radius 2 is 1.75 bits per heavy atom. The number of carbonyl (C=O) groups is 1. The third-order valence-corrected chi connectivity index (χ3v) is 4.68. The minimum atomic E-state index is -4.61. The van der Waals surface area contributed by atoms with E-state index in [1.54, 1.807) is 4.57 Å². The second kappa shape index (κ2) is 8.47. The number of alkyl halides is 3. The number of hydrogen-bond donors (Lipinski definition) is 1. The average molecular weight is 406 g/mol. The van der Waals surface area contributed by atoms with E-state index in [1.165, 1.54) is 23.9 Å². The van der Waals surface area contributed by atoms with Gasteiger partial charge < -0.3 is 5.32 Å². The highest BCUT2D eigenvalue weighted by atomic mass is 32.2. The maximum absolute atomic E-state index is 13.1. The Morgan fingerprint density at radius 1 is 1.07 bits per heavy atom. The molecule has 146 valence electrons. The quantitative estimate of drug-likeness (QED) is 0.619. The number of carbonyl (C=O) groups excluding carboxylic acids is 1. The Bertz CT molecular complexity index is 957. The average Bonchev–Trinajstić information content (AvgIpc) is 3.09. The Balaban J connectivity index is 1.85. The summed E-state index contributed by atoms with van der Waals surface area (Å²) in [4.78, 5) is 12.4. The van der Waals surface area contributed by atoms with Crippen molar-refractivity contribution in [2.24, 2.45) is 0 Å². The van der Waals surface area contributed by atoms with Crippen molar-refractivity contribution in [3.63, 3.8) is 0 Å². The predicted molar refractivity (Wildman–Crippen MR) is 100 cm³/mol. The highest BCUT2D eigenvalue weighted by molar-refractivity contribution is 7.99. The Kier molecular flexibility index (Phi) is 6.03. The van der Waals surface area contributed by atoms with E-state index in [2.05, 4.69) is 15.5 Å². The standard InChI is InChI=1S/C19H17F3N4OS/c1-2-28-18-25-24-16(26(18)13-8-4-3-5-9-13)12-23-17(27)14-10-6-7-11-15(14)19(20,21)22/h3-11H,2,12H2,1H3,(H,23,27). The lowest BCUT2D eigenvalue weighted by molar-refractivity contribution is -0.137. The van der Waals surface area contributed by atoms with Crippen LogP contribution in [0.5, 0.6) is 0 Å². The van der Waals surface area contributed by atoms with Crippen LogP contribution in [0.1, 0.15) is 28.7 Å². The number of hydrogen-bond acceptors (Lipinski definition) is 4. The number of halogens is 3. The van der Waals surface area contributed by atoms with Crippen molar-refractivity contribution in [1.82, 2.24) is 20.1 Å². The zero-order valence-electron chi connectivity index (χ0n) is 14.9. The van der Waals surface area contributed by atoms with Crippen LogP contribution < -0.4 is 5.32 Å². The smallest absolute Gasteiger partial charge is 0.345 e. The van der Waals surface area contributed by atoms with Crippen molar-refractivity contribution in [1.29, 1.82) is 0 Å². The van der Waals surface area contributed by atoms with Crippen LogP contribution in [0.25, 0.3) is 5.69 Å². The molecule has 1 aromatic heterocycles. The Hall–Kier alpha value is -2.81. The molecule has 0 fully saturated rings. The summed E-state index contributed by atoms with van der Waals surface area (Å²) in [7, 11) is 0. The van der Waals surface area contributed by atoms with E-state index in [0.29, 0.717) is 11.0 Å². The fourth-order valence-electron chi connectivity index (χ4n) is 2.66. The third kappa shape index (κ3) is 4.36. The number of nitrogens with one attached hydrogen (secondary N) is 1. The van der Waals surface area contributed by atoms with Crippen LogP contribution in [0.2, 0.25) is 0 Å². The molecule has 3 rings (SSSR count). The molecule has 0 unspecified atom stereocenters. The topological polar surface area (TPSA) is 59.8 Å². The number of thioether (sulfide) groups is 1. The molecule has 0 spiro atoms. The fraction of sp³-hybridized carbons (Fsp3) is 0.211. The van der Waals surface area contributed by atoms with Crippen molar-refractivity contribution in [2.45, 2.75) is 24.8 Å². The highest BCUT2D eigenvalue weighted by Crippen LogP contribution is 2.31. The van der Waals surface area contributed by atoms with Crippen LogP contribution in [-0.2, 0) is 12.7 Å². The van der Waals surface area contributed by atoms with E-state index in [4.69, 9.17) is 0 Å². The number of nitrogens with zero attached hydrogens (tertiary/aromatic N) is 3. The summed E-state index contributed by atoms with van der Waals surface area (Å²) in [6, 6.07) is 14.0. The Labute approximate surface area is 164 Å². The predicted octanol–water partition coefficient (Wildman–Crippen LogP) is 4.33. The summed E-state index contributed by atoms with van der Waals surface area (Å²) in [6.07, 6.45) is -4.61. The van der Waals surface area contributed by atoms with Crippen LogP contribution in [-0.4, -0.2) is 26.4 Å². The summed E-state index contributed by atoms with van der Waals surface area (Å²) in [6.45, 7) is 1.92. The van der Waals surface area contributed by atoms with Crippen LogP contribution in [0.4, 0.5) is 13.2 Å². The molecule has 0 atom stereocenters. The van der Waals surface area contributed by atoms with E-state index >= 15 is 0 Å². The van der Waals surface area contributed by atoms with Gasteiger partial charge in [-0.05, 0) is 30.0 Å². The molecule has 2 aromatic carbocycles. The molecule has 0 aliphatic heterocycles. The van der Waals surface area contributed by atoms with Crippen molar-refractivity contribution in [3.05, 3.63) is 71.5 Å². The third-order valence-electron chi connectivity index (χ3n) is 3.87. The van der Waals surface area contributed by atoms with Gasteiger partial charge in [-0.1, -0.05) is 49.0 Å². The number of aromatic nitrogens is 3. The summed E-state index contributed by atoms with van der Waals surface area (Å²) in [5.74, 6) is 0.385. The summed E-state index contributed by atoms with van der Waals surface area (Å²) >= 11 is 1.48. The van der Waals surface area contributed by atoms with Gasteiger partial charge in [-0.15, -0.1) is 10.2 Å². The number of para-hydroxylation sites is 1. The van der Waals surface area contributed by atoms with Gasteiger partial charge in [0.25, 0.3) is 5.91 Å². The largest absolute Gasteiger partial charge is 0.417 e. The first kappa shape index (κ1) is 19.9. The first-order chi connectivity index (χ1) is 13.4. The number of benzene rings is 2. The van der Waals surface area contributed by atoms with E-state index < -0.39 is 23.2 Å². The summed E-state index contributed by atoms with van der Waals surface area (Å²) in [5.41, 5.74) is -0.591. The first-order valence-corrected chi connectivity index (χ1v) is 9.47. The summed E-state index contributed by atoms with van der Waals surface area (Å²) < 4.78 is 41.2. The van der Waals surface area contributed by atoms with E-state index in [-0.39, 0.29) is 6.54 Å². The SMILES string of the molecule is CCSc1nnc(CNC(=O)c2ccccc2C(F)(F)F)n1-c1ccccc1. The van der Waals surface area contributed by atoms with Gasteiger partial charge in [0.05, 0.1) is 17.7 Å². The monoisotopic (exact) mass is 406 g/mol. The van der Waals surface area contributed by atoms with Crippen molar-refractivity contribution in [3.8, 4) is 5.69 Å². The molecule has 28 heavy (non-hydrogen) atoms. The van der Waals surface area contributed by atoms with Gasteiger partial charge in [0.15, 0.2) is 11.0 Å². The fourth-order valence-corrected chi connectivity index (χ4v) is 3.35. The van der Waals surface area contributed by atoms with E-state index in [9.17, 15) is 18.0 Å². The molecule has 1 amide bonds. The molecule has 3 aromatic rings. The first-order valence-electron chi connectivity index (χ1n) is 8.48. The highest BCUT2D eigenvalue weighted by Gasteiger charge is 2.34. The molecular weight excluding hydrogens is 389 g/mol. The molecule has 1 N–H and O–H groups in total. The number of amides is 1. The van der Waals surface area contributed by atoms with Gasteiger partial charge in [-0.2, -0.15) is 13.2 Å². The molecule has 0 saturated heterocycles. The van der Waals surface area contributed by atoms with E-state index in [0.717, 1.165) is 23.6 Å². The van der Waals surface area contributed by atoms with Gasteiger partial charge >= 0.3 is 6.18 Å². The van der Waals surface area contributed by atoms with Crippen molar-refractivity contribution < 1.29 is 18.0 Å². The zero-order valence-corrected chi connectivity index (χ0v) is 15.7. The van der Waals surface area contributed by atoms with Crippen LogP contribution in [0.3, 0.4) is 0 Å². The van der Waals surface area contributed by atoms with Gasteiger partial charge in [-0.25, -0.2) is 0 Å². The molecule has 9 heteroatoms. The van der Waals surface area contributed by atoms with Gasteiger partial charge in [-0.3, -0.25) is 9.36 Å². The minimum Gasteiger partial charge on any atom is -0.345 e. The normalized spacial score (nSPS) is 11.4. The van der Waals surface area contributed by atoms with Gasteiger partial charge in [0.2, 0.25) is 0 Å². The summed E-state index contributed by atoms with van der Waals surface area (Å²) in [5, 5.41) is 11.4. The second-order valence-corrected chi connectivity index (χ2v) is 6.96. The molecule has 5 nitrogen and oxygen atoms in total. The lowest BCUT2D eigenvalue weighted by atomic mass is 10.1. The number of rotatable bonds is 6. The molecule has 0 aliphatic rings. The molecule has 1 heterocycles. The van der Waals surface area contributed by atoms with Gasteiger partial charge in [0.1, 0.15) is 0 Å². The maximum Gasteiger partial charge on any atom is 0.417 e. The molecular formula is C19H17F3N4OS. The Morgan fingerprint density at radius 3 is 2.43 bits per heavy atom. The van der Waals surface area contributed by atoms with E-state index in [1.807, 2.05) is 37.3 Å². The lowest BCUT2D eigenvalue weighted by Gasteiger charge is -2.13. The zero-order chi connectivity index (χ0) is 20.1. The molecule has 0 radical (unpaired) electrons. The van der Waals surface area contributed by atoms with Gasteiger partial charge in [0, 0.05) is 5.69 Å². The maximum atomic E-state index is 13.1. The minimum absolute atomic E-state index is 0.0583. The van der Waals surface area contributed by atoms with Crippen LogP contribution in [0, 0.1) is 0 Å². The molecule has 0 bridgehead atoms. The van der Waals surface area contributed by atoms with Crippen LogP contribution in [0.15, 0.2) is 59.8 Å². The van der Waals surface area contributed by atoms with Crippen LogP contribution >= 0.6 is 11.8 Å². The second-order valence-electron chi connectivity index (χ2n) is 5.73. The van der Waals surface area contributed by atoms with Crippen molar-refractivity contribution in [2.75, 3.05) is 5.75 Å². The lowest BCUT2D eigenvalue weighted by Crippen LogP contribution is -2.27.